The number of nitrogens with one attached hydrogen (secondary N) is 1. The Kier molecular flexibility index (Phi) is 8.19. The minimum Gasteiger partial charge on any atom is -0.479 e. The molecule has 0 aliphatic heterocycles. The number of carbonyl (C=O) groups is 6. The molecule has 0 radical (unpaired) electrons. The van der Waals surface area contributed by atoms with E-state index in [0.717, 1.165) is 18.4 Å². The Bertz CT molecular complexity index is 1390. The van der Waals surface area contributed by atoms with Crippen LogP contribution >= 0.6 is 0 Å². The summed E-state index contributed by atoms with van der Waals surface area (Å²) in [6.07, 6.45) is 4.27. The molecule has 230 valence electrons. The lowest BCUT2D eigenvalue weighted by molar-refractivity contribution is -0.173. The lowest BCUT2D eigenvalue weighted by Gasteiger charge is -2.57. The van der Waals surface area contributed by atoms with Crippen LogP contribution in [0.1, 0.15) is 83.2 Å². The van der Waals surface area contributed by atoms with Gasteiger partial charge in [-0.3, -0.25) is 24.0 Å². The molecule has 10 nitrogen and oxygen atoms in total. The monoisotopic (exact) mass is 593 g/mol. The molecule has 3 saturated carbocycles. The number of ether oxygens (including phenoxy) is 1. The first-order valence-electron chi connectivity index (χ1n) is 15.0. The number of aliphatic carboxylic acids is 1. The maximum absolute atomic E-state index is 13.8. The zero-order valence-corrected chi connectivity index (χ0v) is 24.6. The second kappa shape index (κ2) is 11.4. The Morgan fingerprint density at radius 3 is 2.44 bits per heavy atom. The third-order valence-corrected chi connectivity index (χ3v) is 10.9. The van der Waals surface area contributed by atoms with Crippen molar-refractivity contribution in [3.8, 4) is 0 Å². The number of carbonyl (C=O) groups excluding carboxylic acids is 5. The van der Waals surface area contributed by atoms with Crippen molar-refractivity contribution in [2.45, 2.75) is 83.3 Å². The highest BCUT2D eigenvalue weighted by atomic mass is 16.5. The van der Waals surface area contributed by atoms with Gasteiger partial charge in [-0.15, -0.1) is 0 Å². The molecule has 1 aromatic rings. The molecule has 5 rings (SSSR count). The number of fused-ring (bicyclic) bond motifs is 5. The Hall–Kier alpha value is -3.66. The van der Waals surface area contributed by atoms with Gasteiger partial charge in [-0.2, -0.15) is 0 Å². The maximum atomic E-state index is 13.8. The Labute approximate surface area is 250 Å². The van der Waals surface area contributed by atoms with E-state index in [9.17, 15) is 39.0 Å². The van der Waals surface area contributed by atoms with E-state index in [1.54, 1.807) is 43.3 Å². The van der Waals surface area contributed by atoms with Crippen LogP contribution < -0.4 is 5.32 Å². The molecule has 0 aromatic heterocycles. The van der Waals surface area contributed by atoms with Crippen LogP contribution in [0.2, 0.25) is 0 Å². The smallest absolute Gasteiger partial charge is 0.330 e. The molecule has 43 heavy (non-hydrogen) atoms. The van der Waals surface area contributed by atoms with Crippen LogP contribution in [-0.4, -0.2) is 57.6 Å². The standard InChI is InChI=1S/C33H39NO9/c1-31-14-12-21(35)16-20(31)8-9-22-23-13-15-33(42,32(23,2)17-24(36)28(22)31)25(37)18-43-27(39)11-10-26(38)34-29(30(40)41)19-6-4-3-5-7-19/h3-7,16,22-23,28-29,42H,8-15,17-18H2,1-2H3,(H,34,38)(H,40,41)/t22?,23?,28?,29?,31-,32-,33-/m0/s1. The highest BCUT2D eigenvalue weighted by molar-refractivity contribution is 5.95. The first-order valence-corrected chi connectivity index (χ1v) is 15.0. The molecule has 0 saturated heterocycles. The van der Waals surface area contributed by atoms with E-state index in [1.807, 2.05) is 0 Å². The van der Waals surface area contributed by atoms with Crippen molar-refractivity contribution >= 4 is 35.2 Å². The number of allylic oxidation sites excluding steroid dienone is 1. The van der Waals surface area contributed by atoms with Gasteiger partial charge < -0.3 is 20.3 Å². The zero-order valence-electron chi connectivity index (χ0n) is 24.6. The van der Waals surface area contributed by atoms with E-state index in [4.69, 9.17) is 4.74 Å². The van der Waals surface area contributed by atoms with Gasteiger partial charge in [-0.25, -0.2) is 4.79 Å². The van der Waals surface area contributed by atoms with Gasteiger partial charge in [-0.05, 0) is 61.0 Å². The fraction of sp³-hybridized carbons (Fsp3) is 0.576. The van der Waals surface area contributed by atoms with Gasteiger partial charge in [0.05, 0.1) is 6.42 Å². The van der Waals surface area contributed by atoms with E-state index in [2.05, 4.69) is 12.2 Å². The minimum absolute atomic E-state index is 0.00463. The van der Waals surface area contributed by atoms with E-state index >= 15 is 0 Å². The van der Waals surface area contributed by atoms with Crippen LogP contribution in [0, 0.1) is 28.6 Å². The zero-order chi connectivity index (χ0) is 31.2. The predicted octanol–water partition coefficient (Wildman–Crippen LogP) is 3.26. The predicted molar refractivity (Wildman–Crippen MR) is 152 cm³/mol. The van der Waals surface area contributed by atoms with E-state index < -0.39 is 47.3 Å². The molecule has 4 unspecified atom stereocenters. The first-order chi connectivity index (χ1) is 20.3. The number of hydrogen-bond acceptors (Lipinski definition) is 8. The molecule has 7 atom stereocenters. The SMILES string of the molecule is C[C@]12CCC(=O)C=C1CCC1C2C(=O)C[C@@]2(C)C1CC[C@]2(O)C(=O)COC(=O)CCC(=O)NC(C(=O)O)c1ccccc1. The van der Waals surface area contributed by atoms with E-state index in [1.165, 1.54) is 0 Å². The Morgan fingerprint density at radius 2 is 1.74 bits per heavy atom. The number of benzene rings is 1. The van der Waals surface area contributed by atoms with Crippen molar-refractivity contribution in [1.29, 1.82) is 0 Å². The topological polar surface area (TPSA) is 164 Å². The van der Waals surface area contributed by atoms with Gasteiger partial charge in [0.1, 0.15) is 11.4 Å². The van der Waals surface area contributed by atoms with E-state index in [0.29, 0.717) is 24.8 Å². The highest BCUT2D eigenvalue weighted by Gasteiger charge is 2.68. The summed E-state index contributed by atoms with van der Waals surface area (Å²) in [4.78, 5) is 75.7. The molecular weight excluding hydrogens is 554 g/mol. The summed E-state index contributed by atoms with van der Waals surface area (Å²) >= 11 is 0. The summed E-state index contributed by atoms with van der Waals surface area (Å²) in [7, 11) is 0. The fourth-order valence-electron chi connectivity index (χ4n) is 8.57. The normalized spacial score (nSPS) is 33.7. The summed E-state index contributed by atoms with van der Waals surface area (Å²) in [6, 6.07) is 6.88. The molecule has 3 fully saturated rings. The highest BCUT2D eigenvalue weighted by Crippen LogP contribution is 2.66. The minimum atomic E-state index is -1.83. The summed E-state index contributed by atoms with van der Waals surface area (Å²) in [5.41, 5.74) is -1.79. The van der Waals surface area contributed by atoms with Gasteiger partial charge >= 0.3 is 11.9 Å². The van der Waals surface area contributed by atoms with E-state index in [-0.39, 0.29) is 60.4 Å². The number of hydrogen-bond donors (Lipinski definition) is 3. The number of amides is 1. The van der Waals surface area contributed by atoms with Gasteiger partial charge in [0.25, 0.3) is 0 Å². The quantitative estimate of drug-likeness (QED) is 0.365. The first kappa shape index (κ1) is 30.8. The van der Waals surface area contributed by atoms with Gasteiger partial charge in [-0.1, -0.05) is 49.8 Å². The molecule has 1 amide bonds. The number of aliphatic hydroxyl groups is 1. The third-order valence-electron chi connectivity index (χ3n) is 10.9. The largest absolute Gasteiger partial charge is 0.479 e. The van der Waals surface area contributed by atoms with Crippen molar-refractivity contribution in [1.82, 2.24) is 5.32 Å². The van der Waals surface area contributed by atoms with Crippen molar-refractivity contribution in [3.05, 3.63) is 47.5 Å². The van der Waals surface area contributed by atoms with Crippen LogP contribution in [0.15, 0.2) is 42.0 Å². The number of Topliss-reactive ketones (excluding diaryl/α,β-unsaturated/α-hetero) is 2. The number of esters is 1. The molecular formula is C33H39NO9. The second-order valence-corrected chi connectivity index (χ2v) is 13.1. The third kappa shape index (κ3) is 5.34. The lowest BCUT2D eigenvalue weighted by atomic mass is 9.46. The maximum Gasteiger partial charge on any atom is 0.330 e. The summed E-state index contributed by atoms with van der Waals surface area (Å²) < 4.78 is 5.15. The van der Waals surface area contributed by atoms with Crippen LogP contribution in [-0.2, 0) is 33.5 Å². The number of ketones is 3. The van der Waals surface area contributed by atoms with Crippen molar-refractivity contribution in [2.75, 3.05) is 6.61 Å². The average Bonchev–Trinajstić information content (AvgIpc) is 3.24. The number of rotatable bonds is 9. The molecule has 0 spiro atoms. The summed E-state index contributed by atoms with van der Waals surface area (Å²) in [5, 5.41) is 23.6. The summed E-state index contributed by atoms with van der Waals surface area (Å²) in [6.45, 7) is 3.20. The Balaban J connectivity index is 1.19. The fourth-order valence-corrected chi connectivity index (χ4v) is 8.57. The second-order valence-electron chi connectivity index (χ2n) is 13.1. The van der Waals surface area contributed by atoms with Gasteiger partial charge in [0.15, 0.2) is 18.4 Å². The molecule has 0 bridgehead atoms. The number of carboxylic acids is 1. The number of carboxylic acid groups (broad SMARTS) is 1. The molecule has 4 aliphatic carbocycles. The molecule has 10 heteroatoms. The van der Waals surface area contributed by atoms with Gasteiger partial charge in [0, 0.05) is 30.6 Å². The molecule has 0 heterocycles. The molecule has 1 aromatic carbocycles. The van der Waals surface area contributed by atoms with Crippen molar-refractivity contribution < 1.29 is 43.7 Å². The lowest BCUT2D eigenvalue weighted by Crippen LogP contribution is -2.61. The van der Waals surface area contributed by atoms with Crippen LogP contribution in [0.5, 0.6) is 0 Å². The van der Waals surface area contributed by atoms with Crippen LogP contribution in [0.3, 0.4) is 0 Å². The summed E-state index contributed by atoms with van der Waals surface area (Å²) in [5.74, 6) is -3.61. The molecule has 3 N–H and O–H groups in total. The van der Waals surface area contributed by atoms with Crippen LogP contribution in [0.25, 0.3) is 0 Å². The van der Waals surface area contributed by atoms with Crippen LogP contribution in [0.4, 0.5) is 0 Å². The van der Waals surface area contributed by atoms with Gasteiger partial charge in [0.2, 0.25) is 11.7 Å². The Morgan fingerprint density at radius 1 is 1.02 bits per heavy atom. The molecule has 4 aliphatic rings. The van der Waals surface area contributed by atoms with Crippen molar-refractivity contribution in [3.63, 3.8) is 0 Å². The average molecular weight is 594 g/mol. The van der Waals surface area contributed by atoms with Crippen molar-refractivity contribution in [2.24, 2.45) is 28.6 Å².